The number of rotatable bonds is 2. The number of alkyl halides is 3. The number of piperazine rings is 1. The molecule has 4 N–H and O–H groups in total. The SMILES string of the molecule is O=C1NCCCN2CCN(CCCNC(=O)c3ccc(cc3)Nc3nc(nc(OCC(F)(F)F)n3)NCc3ccc1cc3)CC2. The van der Waals surface area contributed by atoms with Gasteiger partial charge in [0.15, 0.2) is 6.61 Å². The van der Waals surface area contributed by atoms with Crippen LogP contribution >= 0.6 is 0 Å². The largest absolute Gasteiger partial charge is 0.454 e. The fourth-order valence-corrected chi connectivity index (χ4v) is 4.94. The van der Waals surface area contributed by atoms with Gasteiger partial charge < -0.3 is 35.8 Å². The highest BCUT2D eigenvalue weighted by Crippen LogP contribution is 2.21. The molecule has 5 aliphatic heterocycles. The molecule has 8 bridgehead atoms. The van der Waals surface area contributed by atoms with Crippen LogP contribution in [-0.2, 0) is 6.54 Å². The van der Waals surface area contributed by atoms with Gasteiger partial charge in [-0.3, -0.25) is 9.59 Å². The van der Waals surface area contributed by atoms with Crippen molar-refractivity contribution in [2.24, 2.45) is 0 Å². The number of hydrogen-bond donors (Lipinski definition) is 4. The quantitative estimate of drug-likeness (QED) is 0.336. The maximum Gasteiger partial charge on any atom is 0.422 e. The Bertz CT molecular complexity index is 1430. The fourth-order valence-electron chi connectivity index (χ4n) is 4.94. The second kappa shape index (κ2) is 15.0. The number of amides is 2. The molecular weight excluding hydrogens is 591 g/mol. The van der Waals surface area contributed by atoms with Crippen LogP contribution in [0.1, 0.15) is 39.1 Å². The molecule has 0 saturated carbocycles. The molecule has 12 nitrogen and oxygen atoms in total. The van der Waals surface area contributed by atoms with Crippen LogP contribution in [0, 0.1) is 0 Å². The molecule has 6 heterocycles. The molecule has 0 radical (unpaired) electrons. The van der Waals surface area contributed by atoms with E-state index in [2.05, 4.69) is 46.0 Å². The molecule has 45 heavy (non-hydrogen) atoms. The predicted molar refractivity (Wildman–Crippen MR) is 162 cm³/mol. The summed E-state index contributed by atoms with van der Waals surface area (Å²) in [6.07, 6.45) is -2.91. The lowest BCUT2D eigenvalue weighted by Crippen LogP contribution is -2.47. The van der Waals surface area contributed by atoms with E-state index in [-0.39, 0.29) is 30.3 Å². The lowest BCUT2D eigenvalue weighted by Gasteiger charge is -2.34. The zero-order valence-electron chi connectivity index (χ0n) is 24.7. The number of carbonyl (C=O) groups is 2. The molecule has 0 aliphatic carbocycles. The number of ether oxygens (including phenoxy) is 1. The van der Waals surface area contributed by atoms with Crippen LogP contribution in [0.4, 0.5) is 30.8 Å². The van der Waals surface area contributed by atoms with Gasteiger partial charge in [-0.15, -0.1) is 0 Å². The van der Waals surface area contributed by atoms with Crippen molar-refractivity contribution in [3.63, 3.8) is 0 Å². The van der Waals surface area contributed by atoms with Crippen molar-refractivity contribution >= 4 is 29.4 Å². The van der Waals surface area contributed by atoms with Crippen LogP contribution < -0.4 is 26.0 Å². The summed E-state index contributed by atoms with van der Waals surface area (Å²) in [4.78, 5) is 42.3. The van der Waals surface area contributed by atoms with Gasteiger partial charge in [0.25, 0.3) is 11.8 Å². The molecular formula is C30H36F3N9O3. The minimum absolute atomic E-state index is 0.0172. The van der Waals surface area contributed by atoms with Crippen molar-refractivity contribution < 1.29 is 27.5 Å². The van der Waals surface area contributed by atoms with E-state index in [0.29, 0.717) is 29.9 Å². The number of nitrogens with zero attached hydrogens (tertiary/aromatic N) is 5. The summed E-state index contributed by atoms with van der Waals surface area (Å²) in [6.45, 7) is 5.45. The third-order valence-corrected chi connectivity index (χ3v) is 7.39. The van der Waals surface area contributed by atoms with Crippen molar-refractivity contribution in [2.75, 3.05) is 69.6 Å². The van der Waals surface area contributed by atoms with E-state index in [9.17, 15) is 22.8 Å². The highest BCUT2D eigenvalue weighted by Gasteiger charge is 2.29. The van der Waals surface area contributed by atoms with E-state index in [1.807, 2.05) is 0 Å². The molecule has 2 amide bonds. The highest BCUT2D eigenvalue weighted by molar-refractivity contribution is 5.94. The van der Waals surface area contributed by atoms with Crippen molar-refractivity contribution in [1.82, 2.24) is 35.4 Å². The molecule has 5 aliphatic rings. The van der Waals surface area contributed by atoms with Crippen LogP contribution in [0.2, 0.25) is 0 Å². The summed E-state index contributed by atoms with van der Waals surface area (Å²) < 4.78 is 43.2. The summed E-state index contributed by atoms with van der Waals surface area (Å²) in [7, 11) is 0. The van der Waals surface area contributed by atoms with Crippen molar-refractivity contribution in [3.8, 4) is 6.01 Å². The van der Waals surface area contributed by atoms with E-state index >= 15 is 0 Å². The minimum atomic E-state index is -4.58. The number of aromatic nitrogens is 3. The van der Waals surface area contributed by atoms with E-state index in [4.69, 9.17) is 4.74 Å². The Morgan fingerprint density at radius 2 is 1.22 bits per heavy atom. The number of nitrogens with one attached hydrogen (secondary N) is 4. The summed E-state index contributed by atoms with van der Waals surface area (Å²) in [5, 5.41) is 11.8. The molecule has 0 spiro atoms. The number of halogens is 3. The molecule has 240 valence electrons. The van der Waals surface area contributed by atoms with Crippen LogP contribution in [0.25, 0.3) is 0 Å². The summed E-state index contributed by atoms with van der Waals surface area (Å²) in [5.74, 6) is -0.430. The Morgan fingerprint density at radius 1 is 0.689 bits per heavy atom. The third-order valence-electron chi connectivity index (χ3n) is 7.39. The first kappa shape index (κ1) is 31.9. The predicted octanol–water partition coefficient (Wildman–Crippen LogP) is 3.04. The van der Waals surface area contributed by atoms with E-state index in [1.54, 1.807) is 48.5 Å². The molecule has 1 aromatic heterocycles. The zero-order chi connectivity index (χ0) is 31.6. The Balaban J connectivity index is 1.31. The molecule has 1 fully saturated rings. The molecule has 2 aromatic carbocycles. The van der Waals surface area contributed by atoms with Crippen LogP contribution in [-0.4, -0.2) is 102 Å². The van der Waals surface area contributed by atoms with Crippen LogP contribution in [0.5, 0.6) is 6.01 Å². The molecule has 1 saturated heterocycles. The Kier molecular flexibility index (Phi) is 10.6. The van der Waals surface area contributed by atoms with Gasteiger partial charge in [-0.2, -0.15) is 28.1 Å². The van der Waals surface area contributed by atoms with E-state index in [0.717, 1.165) is 57.7 Å². The first-order chi connectivity index (χ1) is 21.7. The molecule has 8 rings (SSSR count). The second-order valence-electron chi connectivity index (χ2n) is 10.8. The van der Waals surface area contributed by atoms with Gasteiger partial charge in [0.05, 0.1) is 0 Å². The standard InChI is InChI=1S/C30H36F3N9O3/c31-30(32,33)20-45-29-39-27-36-19-21-3-5-22(6-4-21)25(43)34-11-1-13-41-15-17-42(18-16-41)14-2-12-35-26(44)23-7-9-24(10-8-23)37-28(38-27)40-29/h3-10H,1-2,11-20H2,(H,34,43)(H,35,44)(H2,36,37,38,39,40). The molecule has 0 unspecified atom stereocenters. The molecule has 0 atom stereocenters. The number of benzene rings is 2. The fraction of sp³-hybridized carbons (Fsp3) is 0.433. The zero-order valence-corrected chi connectivity index (χ0v) is 24.7. The number of anilines is 3. The first-order valence-electron chi connectivity index (χ1n) is 14.9. The van der Waals surface area contributed by atoms with Gasteiger partial charge in [0.2, 0.25) is 11.9 Å². The molecule has 3 aromatic rings. The minimum Gasteiger partial charge on any atom is -0.454 e. The van der Waals surface area contributed by atoms with Gasteiger partial charge in [-0.25, -0.2) is 0 Å². The highest BCUT2D eigenvalue weighted by atomic mass is 19.4. The van der Waals surface area contributed by atoms with Crippen LogP contribution in [0.3, 0.4) is 0 Å². The maximum absolute atomic E-state index is 12.8. The van der Waals surface area contributed by atoms with E-state index in [1.165, 1.54) is 0 Å². The summed E-state index contributed by atoms with van der Waals surface area (Å²) in [5.41, 5.74) is 2.29. The third kappa shape index (κ3) is 10.0. The van der Waals surface area contributed by atoms with Gasteiger partial charge in [-0.1, -0.05) is 12.1 Å². The lowest BCUT2D eigenvalue weighted by molar-refractivity contribution is -0.154. The van der Waals surface area contributed by atoms with Crippen LogP contribution in [0.15, 0.2) is 48.5 Å². The van der Waals surface area contributed by atoms with Gasteiger partial charge in [-0.05, 0) is 67.9 Å². The smallest absolute Gasteiger partial charge is 0.422 e. The topological polar surface area (TPSA) is 137 Å². The van der Waals surface area contributed by atoms with Gasteiger partial charge in [0, 0.05) is 62.6 Å². The van der Waals surface area contributed by atoms with Crippen molar-refractivity contribution in [3.05, 3.63) is 65.2 Å². The monoisotopic (exact) mass is 627 g/mol. The van der Waals surface area contributed by atoms with Gasteiger partial charge in [0.1, 0.15) is 0 Å². The molecule has 15 heteroatoms. The van der Waals surface area contributed by atoms with Crippen molar-refractivity contribution in [1.29, 1.82) is 0 Å². The second-order valence-corrected chi connectivity index (χ2v) is 10.8. The normalized spacial score (nSPS) is 20.2. The van der Waals surface area contributed by atoms with E-state index < -0.39 is 18.8 Å². The van der Waals surface area contributed by atoms with Gasteiger partial charge >= 0.3 is 12.2 Å². The first-order valence-corrected chi connectivity index (χ1v) is 14.9. The Hall–Kier alpha value is -4.50. The summed E-state index contributed by atoms with van der Waals surface area (Å²) >= 11 is 0. The average molecular weight is 628 g/mol. The Morgan fingerprint density at radius 3 is 1.78 bits per heavy atom. The average Bonchev–Trinajstić information content (AvgIpc) is 3.03. The number of carbonyl (C=O) groups excluding carboxylic acids is 2. The Labute approximate surface area is 258 Å². The number of fused-ring (bicyclic) bond motifs is 3. The number of hydrogen-bond acceptors (Lipinski definition) is 10. The van der Waals surface area contributed by atoms with Crippen molar-refractivity contribution in [2.45, 2.75) is 25.6 Å². The maximum atomic E-state index is 12.8. The summed E-state index contributed by atoms with van der Waals surface area (Å²) in [6, 6.07) is 13.0. The lowest BCUT2D eigenvalue weighted by atomic mass is 10.1.